The number of hydrogen-bond donors (Lipinski definition) is 1. The third-order valence-corrected chi connectivity index (χ3v) is 4.79. The lowest BCUT2D eigenvalue weighted by atomic mass is 9.89. The molecule has 2 N–H and O–H groups in total. The average molecular weight is 341 g/mol. The van der Waals surface area contributed by atoms with E-state index in [1.807, 2.05) is 30.9 Å². The van der Waals surface area contributed by atoms with Gasteiger partial charge in [-0.2, -0.15) is 0 Å². The number of carbonyl (C=O) groups is 1. The van der Waals surface area contributed by atoms with E-state index in [1.165, 1.54) is 5.56 Å². The molecule has 2 rings (SSSR count). The van der Waals surface area contributed by atoms with Crippen molar-refractivity contribution in [3.05, 3.63) is 29.8 Å². The van der Waals surface area contributed by atoms with Gasteiger partial charge in [0, 0.05) is 19.1 Å². The van der Waals surface area contributed by atoms with Crippen molar-refractivity contribution in [2.24, 2.45) is 17.6 Å². The van der Waals surface area contributed by atoms with Gasteiger partial charge in [0.25, 0.3) is 0 Å². The van der Waals surface area contributed by atoms with Crippen molar-refractivity contribution < 1.29 is 9.53 Å². The van der Waals surface area contributed by atoms with E-state index >= 15 is 0 Å². The largest absolute Gasteiger partial charge is 0.497 e. The van der Waals surface area contributed by atoms with E-state index in [0.717, 1.165) is 38.1 Å². The summed E-state index contributed by atoms with van der Waals surface area (Å²) in [7, 11) is 1.69. The lowest BCUT2D eigenvalue weighted by Gasteiger charge is -2.34. The summed E-state index contributed by atoms with van der Waals surface area (Å²) in [5.41, 5.74) is 7.18. The number of nitrogens with zero attached hydrogens (tertiary/aromatic N) is 1. The SMILES string of the molecule is COc1ccc(CC2CCN(C(=O)C(C)C(C)N)CC2)cc1.Cl. The number of amides is 1. The highest BCUT2D eigenvalue weighted by Crippen LogP contribution is 2.24. The van der Waals surface area contributed by atoms with Gasteiger partial charge < -0.3 is 15.4 Å². The second-order valence-corrected chi connectivity index (χ2v) is 6.47. The van der Waals surface area contributed by atoms with Crippen LogP contribution in [0.25, 0.3) is 0 Å². The van der Waals surface area contributed by atoms with Gasteiger partial charge in [0.1, 0.15) is 5.75 Å². The zero-order valence-electron chi connectivity index (χ0n) is 14.3. The number of methoxy groups -OCH3 is 1. The van der Waals surface area contributed by atoms with E-state index in [4.69, 9.17) is 10.5 Å². The van der Waals surface area contributed by atoms with Gasteiger partial charge in [0.05, 0.1) is 13.0 Å². The first-order valence-corrected chi connectivity index (χ1v) is 8.18. The molecule has 23 heavy (non-hydrogen) atoms. The van der Waals surface area contributed by atoms with E-state index < -0.39 is 0 Å². The molecule has 1 amide bonds. The lowest BCUT2D eigenvalue weighted by Crippen LogP contribution is -2.45. The van der Waals surface area contributed by atoms with Crippen molar-refractivity contribution in [2.45, 2.75) is 39.2 Å². The maximum Gasteiger partial charge on any atom is 0.226 e. The molecule has 0 spiro atoms. The van der Waals surface area contributed by atoms with Crippen molar-refractivity contribution in [1.82, 2.24) is 4.90 Å². The number of likely N-dealkylation sites (tertiary alicyclic amines) is 1. The Morgan fingerprint density at radius 1 is 1.26 bits per heavy atom. The number of carbonyl (C=O) groups excluding carboxylic acids is 1. The first-order chi connectivity index (χ1) is 10.5. The predicted octanol–water partition coefficient (Wildman–Crippen LogP) is 2.88. The summed E-state index contributed by atoms with van der Waals surface area (Å²) in [6.07, 6.45) is 3.22. The molecule has 1 aromatic carbocycles. The number of halogens is 1. The monoisotopic (exact) mass is 340 g/mol. The zero-order valence-corrected chi connectivity index (χ0v) is 15.1. The fraction of sp³-hybridized carbons (Fsp3) is 0.611. The highest BCUT2D eigenvalue weighted by atomic mass is 35.5. The maximum atomic E-state index is 12.3. The molecule has 130 valence electrons. The molecule has 1 saturated heterocycles. The van der Waals surface area contributed by atoms with Gasteiger partial charge in [0.15, 0.2) is 0 Å². The molecule has 0 bridgehead atoms. The molecular formula is C18H29ClN2O2. The molecule has 0 saturated carbocycles. The fourth-order valence-electron chi connectivity index (χ4n) is 2.97. The topological polar surface area (TPSA) is 55.6 Å². The normalized spacial score (nSPS) is 18.0. The van der Waals surface area contributed by atoms with E-state index in [0.29, 0.717) is 5.92 Å². The van der Waals surface area contributed by atoms with Crippen LogP contribution in [0.5, 0.6) is 5.75 Å². The molecule has 1 heterocycles. The van der Waals surface area contributed by atoms with Gasteiger partial charge in [-0.3, -0.25) is 4.79 Å². The molecule has 1 fully saturated rings. The van der Waals surface area contributed by atoms with Crippen molar-refractivity contribution in [3.8, 4) is 5.75 Å². The molecule has 0 aliphatic carbocycles. The Hall–Kier alpha value is -1.26. The predicted molar refractivity (Wildman–Crippen MR) is 96.1 cm³/mol. The number of rotatable bonds is 5. The second kappa shape index (κ2) is 9.14. The van der Waals surface area contributed by atoms with Crippen molar-refractivity contribution >= 4 is 18.3 Å². The van der Waals surface area contributed by atoms with E-state index in [2.05, 4.69) is 12.1 Å². The van der Waals surface area contributed by atoms with Crippen LogP contribution in [0.1, 0.15) is 32.3 Å². The van der Waals surface area contributed by atoms with E-state index in [1.54, 1.807) is 7.11 Å². The number of ether oxygens (including phenoxy) is 1. The van der Waals surface area contributed by atoms with Gasteiger partial charge in [0.2, 0.25) is 5.91 Å². The quantitative estimate of drug-likeness (QED) is 0.896. The lowest BCUT2D eigenvalue weighted by molar-refractivity contribution is -0.136. The van der Waals surface area contributed by atoms with E-state index in [9.17, 15) is 4.79 Å². The molecule has 2 unspecified atom stereocenters. The molecule has 0 radical (unpaired) electrons. The molecule has 1 aliphatic rings. The first kappa shape index (κ1) is 19.8. The van der Waals surface area contributed by atoms with Crippen LogP contribution in [0.15, 0.2) is 24.3 Å². The van der Waals surface area contributed by atoms with Crippen LogP contribution in [0.3, 0.4) is 0 Å². The highest BCUT2D eigenvalue weighted by Gasteiger charge is 2.27. The Kier molecular flexibility index (Phi) is 7.86. The Bertz CT molecular complexity index is 482. The van der Waals surface area contributed by atoms with E-state index in [-0.39, 0.29) is 30.3 Å². The Labute approximate surface area is 145 Å². The van der Waals surface area contributed by atoms with Gasteiger partial charge in [-0.1, -0.05) is 19.1 Å². The minimum absolute atomic E-state index is 0. The second-order valence-electron chi connectivity index (χ2n) is 6.47. The summed E-state index contributed by atoms with van der Waals surface area (Å²) in [6.45, 7) is 5.54. The number of hydrogen-bond acceptors (Lipinski definition) is 3. The molecule has 4 nitrogen and oxygen atoms in total. The van der Waals surface area contributed by atoms with Crippen molar-refractivity contribution in [3.63, 3.8) is 0 Å². The number of benzene rings is 1. The molecule has 2 atom stereocenters. The van der Waals surface area contributed by atoms with Crippen LogP contribution in [0.4, 0.5) is 0 Å². The minimum Gasteiger partial charge on any atom is -0.497 e. The van der Waals surface area contributed by atoms with Gasteiger partial charge >= 0.3 is 0 Å². The summed E-state index contributed by atoms with van der Waals surface area (Å²) < 4.78 is 5.19. The molecule has 5 heteroatoms. The summed E-state index contributed by atoms with van der Waals surface area (Å²) >= 11 is 0. The Balaban J connectivity index is 0.00000264. The van der Waals surface area contributed by atoms with Crippen LogP contribution in [-0.2, 0) is 11.2 Å². The van der Waals surface area contributed by atoms with Crippen LogP contribution in [0.2, 0.25) is 0 Å². The summed E-state index contributed by atoms with van der Waals surface area (Å²) in [4.78, 5) is 14.3. The Morgan fingerprint density at radius 3 is 2.30 bits per heavy atom. The van der Waals surface area contributed by atoms with Crippen LogP contribution < -0.4 is 10.5 Å². The van der Waals surface area contributed by atoms with Gasteiger partial charge in [-0.05, 0) is 49.8 Å². The third-order valence-electron chi connectivity index (χ3n) is 4.79. The molecule has 0 aromatic heterocycles. The first-order valence-electron chi connectivity index (χ1n) is 8.18. The summed E-state index contributed by atoms with van der Waals surface area (Å²) in [5, 5.41) is 0. The zero-order chi connectivity index (χ0) is 16.1. The molecular weight excluding hydrogens is 312 g/mol. The number of nitrogens with two attached hydrogens (primary N) is 1. The highest BCUT2D eigenvalue weighted by molar-refractivity contribution is 5.85. The standard InChI is InChI=1S/C18H28N2O2.ClH/c1-13(14(2)19)18(21)20-10-8-16(9-11-20)12-15-4-6-17(22-3)7-5-15;/h4-7,13-14,16H,8-12,19H2,1-3H3;1H. The van der Waals surface area contributed by atoms with Crippen LogP contribution >= 0.6 is 12.4 Å². The molecule has 1 aliphatic heterocycles. The van der Waals surface area contributed by atoms with Crippen LogP contribution in [-0.4, -0.2) is 37.0 Å². The smallest absolute Gasteiger partial charge is 0.226 e. The maximum absolute atomic E-state index is 12.3. The van der Waals surface area contributed by atoms with Gasteiger partial charge in [-0.25, -0.2) is 0 Å². The van der Waals surface area contributed by atoms with Crippen molar-refractivity contribution in [2.75, 3.05) is 20.2 Å². The van der Waals surface area contributed by atoms with Crippen molar-refractivity contribution in [1.29, 1.82) is 0 Å². The fourth-order valence-corrected chi connectivity index (χ4v) is 2.97. The van der Waals surface area contributed by atoms with Gasteiger partial charge in [-0.15, -0.1) is 12.4 Å². The summed E-state index contributed by atoms with van der Waals surface area (Å²) in [6, 6.07) is 8.21. The third kappa shape index (κ3) is 5.40. The van der Waals surface area contributed by atoms with Crippen LogP contribution in [0, 0.1) is 11.8 Å². The Morgan fingerprint density at radius 2 is 1.83 bits per heavy atom. The average Bonchev–Trinajstić information content (AvgIpc) is 2.55. The molecule has 1 aromatic rings. The minimum atomic E-state index is -0.0851. The number of piperidine rings is 1. The summed E-state index contributed by atoms with van der Waals surface area (Å²) in [5.74, 6) is 1.67.